The van der Waals surface area contributed by atoms with Crippen molar-refractivity contribution in [1.29, 1.82) is 0 Å². The number of rotatable bonds is 2. The second kappa shape index (κ2) is 4.50. The number of benzene rings is 1. The van der Waals surface area contributed by atoms with Gasteiger partial charge in [-0.25, -0.2) is 0 Å². The minimum absolute atomic E-state index is 0.489. The summed E-state index contributed by atoms with van der Waals surface area (Å²) in [5, 5.41) is 15.9. The standard InChI is InChI=1S/C15H18ClN3O/c1-9-12(14(16)19(2)18-9)8-15(20)6-5-10-7-11(17)3-4-13(10)15/h3-4,7,20H,5-6,8,17H2,1-2H3. The number of halogens is 1. The van der Waals surface area contributed by atoms with Crippen LogP contribution in [0.25, 0.3) is 0 Å². The van der Waals surface area contributed by atoms with Gasteiger partial charge >= 0.3 is 0 Å². The van der Waals surface area contributed by atoms with E-state index < -0.39 is 5.60 Å². The minimum Gasteiger partial charge on any atom is -0.399 e. The number of fused-ring (bicyclic) bond motifs is 1. The molecule has 5 heteroatoms. The Morgan fingerprint density at radius 3 is 2.90 bits per heavy atom. The fourth-order valence-electron chi connectivity index (χ4n) is 3.10. The van der Waals surface area contributed by atoms with Gasteiger partial charge in [0.2, 0.25) is 0 Å². The second-order valence-corrected chi connectivity index (χ2v) is 5.96. The molecule has 1 aromatic carbocycles. The number of hydrogen-bond acceptors (Lipinski definition) is 3. The molecule has 1 heterocycles. The van der Waals surface area contributed by atoms with Crippen molar-refractivity contribution >= 4 is 17.3 Å². The first-order valence-corrected chi connectivity index (χ1v) is 7.08. The molecule has 1 aliphatic carbocycles. The van der Waals surface area contributed by atoms with Gasteiger partial charge in [-0.15, -0.1) is 0 Å². The van der Waals surface area contributed by atoms with Crippen LogP contribution in [-0.4, -0.2) is 14.9 Å². The van der Waals surface area contributed by atoms with E-state index in [1.165, 1.54) is 0 Å². The molecule has 0 saturated carbocycles. The van der Waals surface area contributed by atoms with Gasteiger partial charge in [0, 0.05) is 24.7 Å². The van der Waals surface area contributed by atoms with Crippen molar-refractivity contribution in [2.45, 2.75) is 31.8 Å². The molecule has 1 aromatic heterocycles. The number of hydrogen-bond donors (Lipinski definition) is 2. The van der Waals surface area contributed by atoms with Gasteiger partial charge in [0.1, 0.15) is 5.15 Å². The normalized spacial score (nSPS) is 21.2. The molecule has 0 fully saturated rings. The van der Waals surface area contributed by atoms with Crippen LogP contribution in [-0.2, 0) is 25.5 Å². The zero-order chi connectivity index (χ0) is 14.5. The maximum absolute atomic E-state index is 11.0. The van der Waals surface area contributed by atoms with E-state index in [2.05, 4.69) is 5.10 Å². The van der Waals surface area contributed by atoms with Crippen molar-refractivity contribution in [3.05, 3.63) is 45.7 Å². The van der Waals surface area contributed by atoms with Crippen LogP contribution in [0.4, 0.5) is 5.69 Å². The Balaban J connectivity index is 2.00. The van der Waals surface area contributed by atoms with E-state index in [-0.39, 0.29) is 0 Å². The molecule has 1 unspecified atom stereocenters. The summed E-state index contributed by atoms with van der Waals surface area (Å²) in [6, 6.07) is 5.72. The highest BCUT2D eigenvalue weighted by Crippen LogP contribution is 2.41. The van der Waals surface area contributed by atoms with Gasteiger partial charge in [0.05, 0.1) is 11.3 Å². The number of nitrogen functional groups attached to an aromatic ring is 1. The van der Waals surface area contributed by atoms with Crippen LogP contribution in [0.5, 0.6) is 0 Å². The third-order valence-corrected chi connectivity index (χ3v) is 4.65. The van der Waals surface area contributed by atoms with Crippen molar-refractivity contribution < 1.29 is 5.11 Å². The summed E-state index contributed by atoms with van der Waals surface area (Å²) in [6.45, 7) is 1.92. The van der Waals surface area contributed by atoms with Gasteiger partial charge in [-0.05, 0) is 43.0 Å². The van der Waals surface area contributed by atoms with Crippen LogP contribution >= 0.6 is 11.6 Å². The van der Waals surface area contributed by atoms with Crippen molar-refractivity contribution in [3.8, 4) is 0 Å². The Hall–Kier alpha value is -1.52. The van der Waals surface area contributed by atoms with Crippen LogP contribution in [0.15, 0.2) is 18.2 Å². The van der Waals surface area contributed by atoms with Crippen LogP contribution in [0, 0.1) is 6.92 Å². The lowest BCUT2D eigenvalue weighted by Gasteiger charge is -2.24. The maximum Gasteiger partial charge on any atom is 0.130 e. The zero-order valence-electron chi connectivity index (χ0n) is 11.7. The summed E-state index contributed by atoms with van der Waals surface area (Å²) in [7, 11) is 1.81. The van der Waals surface area contributed by atoms with E-state index in [1.807, 2.05) is 32.2 Å². The summed E-state index contributed by atoms with van der Waals surface area (Å²) in [5.41, 5.74) is 9.55. The average molecular weight is 292 g/mol. The zero-order valence-corrected chi connectivity index (χ0v) is 12.4. The van der Waals surface area contributed by atoms with Crippen molar-refractivity contribution in [3.63, 3.8) is 0 Å². The van der Waals surface area contributed by atoms with Crippen LogP contribution < -0.4 is 5.73 Å². The fourth-order valence-corrected chi connectivity index (χ4v) is 3.34. The molecular formula is C15H18ClN3O. The summed E-state index contributed by atoms with van der Waals surface area (Å²) >= 11 is 6.28. The van der Waals surface area contributed by atoms with Gasteiger partial charge in [-0.3, -0.25) is 4.68 Å². The van der Waals surface area contributed by atoms with Gasteiger partial charge in [0.25, 0.3) is 0 Å². The molecular weight excluding hydrogens is 274 g/mol. The van der Waals surface area contributed by atoms with E-state index in [0.29, 0.717) is 18.0 Å². The highest BCUT2D eigenvalue weighted by atomic mass is 35.5. The minimum atomic E-state index is -0.875. The highest BCUT2D eigenvalue weighted by molar-refractivity contribution is 6.30. The molecule has 0 radical (unpaired) electrons. The molecule has 4 nitrogen and oxygen atoms in total. The van der Waals surface area contributed by atoms with Crippen molar-refractivity contribution in [1.82, 2.24) is 9.78 Å². The van der Waals surface area contributed by atoms with E-state index in [4.69, 9.17) is 17.3 Å². The molecule has 20 heavy (non-hydrogen) atoms. The Kier molecular flexibility index (Phi) is 3.03. The lowest BCUT2D eigenvalue weighted by molar-refractivity contribution is 0.0388. The monoisotopic (exact) mass is 291 g/mol. The van der Waals surface area contributed by atoms with E-state index in [9.17, 15) is 5.11 Å². The molecule has 3 N–H and O–H groups in total. The van der Waals surface area contributed by atoms with Crippen molar-refractivity contribution in [2.75, 3.05) is 5.73 Å². The summed E-state index contributed by atoms with van der Waals surface area (Å²) in [4.78, 5) is 0. The van der Waals surface area contributed by atoms with E-state index in [1.54, 1.807) is 4.68 Å². The quantitative estimate of drug-likeness (QED) is 0.835. The molecule has 2 aromatic rings. The second-order valence-electron chi connectivity index (χ2n) is 5.60. The number of aryl methyl sites for hydroxylation is 3. The first-order chi connectivity index (χ1) is 9.40. The third-order valence-electron chi connectivity index (χ3n) is 4.18. The fraction of sp³-hybridized carbons (Fsp3) is 0.400. The molecule has 0 spiro atoms. The van der Waals surface area contributed by atoms with Crippen LogP contribution in [0.1, 0.15) is 28.8 Å². The molecule has 0 bridgehead atoms. The Morgan fingerprint density at radius 2 is 2.25 bits per heavy atom. The average Bonchev–Trinajstić information content (AvgIpc) is 2.83. The largest absolute Gasteiger partial charge is 0.399 e. The molecule has 0 aliphatic heterocycles. The number of nitrogens with zero attached hydrogens (tertiary/aromatic N) is 2. The van der Waals surface area contributed by atoms with Crippen molar-refractivity contribution in [2.24, 2.45) is 7.05 Å². The molecule has 1 aliphatic rings. The topological polar surface area (TPSA) is 64.1 Å². The lowest BCUT2D eigenvalue weighted by atomic mass is 9.89. The molecule has 0 amide bonds. The maximum atomic E-state index is 11.0. The smallest absolute Gasteiger partial charge is 0.130 e. The number of aromatic nitrogens is 2. The highest BCUT2D eigenvalue weighted by Gasteiger charge is 2.38. The third kappa shape index (κ3) is 2.00. The Bertz CT molecular complexity index is 680. The number of aliphatic hydroxyl groups is 1. The summed E-state index contributed by atoms with van der Waals surface area (Å²) < 4.78 is 1.65. The Labute approximate surface area is 123 Å². The van der Waals surface area contributed by atoms with Gasteiger partial charge in [-0.1, -0.05) is 17.7 Å². The SMILES string of the molecule is Cc1nn(C)c(Cl)c1CC1(O)CCc2cc(N)ccc21. The summed E-state index contributed by atoms with van der Waals surface area (Å²) in [5.74, 6) is 0. The lowest BCUT2D eigenvalue weighted by Crippen LogP contribution is -2.25. The molecule has 3 rings (SSSR count). The molecule has 0 saturated heterocycles. The predicted octanol–water partition coefficient (Wildman–Crippen LogP) is 2.34. The van der Waals surface area contributed by atoms with Gasteiger partial charge in [0.15, 0.2) is 0 Å². The predicted molar refractivity (Wildman–Crippen MR) is 79.7 cm³/mol. The first kappa shape index (κ1) is 13.5. The van der Waals surface area contributed by atoms with Crippen LogP contribution in [0.3, 0.4) is 0 Å². The van der Waals surface area contributed by atoms with E-state index >= 15 is 0 Å². The van der Waals surface area contributed by atoms with E-state index in [0.717, 1.165) is 34.5 Å². The summed E-state index contributed by atoms with van der Waals surface area (Å²) in [6.07, 6.45) is 2.02. The van der Waals surface area contributed by atoms with Gasteiger partial charge < -0.3 is 10.8 Å². The number of anilines is 1. The first-order valence-electron chi connectivity index (χ1n) is 6.70. The Morgan fingerprint density at radius 1 is 1.50 bits per heavy atom. The van der Waals surface area contributed by atoms with Crippen LogP contribution in [0.2, 0.25) is 5.15 Å². The molecule has 106 valence electrons. The molecule has 1 atom stereocenters. The van der Waals surface area contributed by atoms with Gasteiger partial charge in [-0.2, -0.15) is 5.10 Å². The number of nitrogens with two attached hydrogens (primary N) is 1.